The largest absolute Gasteiger partial charge is 0.478 e. The first-order valence-electron chi connectivity index (χ1n) is 11.3. The average molecular weight is 455 g/mol. The molecule has 0 amide bonds. The molecule has 5 heteroatoms. The van der Waals surface area contributed by atoms with Gasteiger partial charge >= 0.3 is 5.97 Å². The van der Waals surface area contributed by atoms with Crippen LogP contribution in [0, 0.1) is 25.7 Å². The molecule has 2 atom stereocenters. The second-order valence-corrected chi connectivity index (χ2v) is 10.3. The topological polar surface area (TPSA) is 63.6 Å². The zero-order valence-corrected chi connectivity index (χ0v) is 20.6. The number of carboxylic acid groups (broad SMARTS) is 1. The number of thioether (sulfide) groups is 1. The molecule has 1 N–H and O–H groups in total. The third-order valence-corrected chi connectivity index (χ3v) is 7.31. The third-order valence-electron chi connectivity index (χ3n) is 6.57. The van der Waals surface area contributed by atoms with Crippen LogP contribution in [0.3, 0.4) is 0 Å². The Kier molecular flexibility index (Phi) is 7.71. The van der Waals surface area contributed by atoms with E-state index in [0.29, 0.717) is 11.7 Å². The van der Waals surface area contributed by atoms with Crippen molar-refractivity contribution in [3.05, 3.63) is 58.7 Å². The SMILES string of the molecule is CSc1ccc(C(=O)C2CCCC2CCc2cc(C)c(OC(C)(C)C(=O)O)c(C)c2)cc1. The zero-order chi connectivity index (χ0) is 23.5. The van der Waals surface area contributed by atoms with E-state index in [0.717, 1.165) is 48.8 Å². The first kappa shape index (κ1) is 24.4. The van der Waals surface area contributed by atoms with E-state index < -0.39 is 11.6 Å². The molecule has 32 heavy (non-hydrogen) atoms. The van der Waals surface area contributed by atoms with Crippen LogP contribution in [0.4, 0.5) is 0 Å². The van der Waals surface area contributed by atoms with Gasteiger partial charge in [-0.25, -0.2) is 4.79 Å². The summed E-state index contributed by atoms with van der Waals surface area (Å²) in [5, 5.41) is 9.37. The van der Waals surface area contributed by atoms with Crippen molar-refractivity contribution in [3.8, 4) is 5.75 Å². The molecule has 1 fully saturated rings. The fraction of sp³-hybridized carbons (Fsp3) is 0.481. The maximum absolute atomic E-state index is 13.1. The summed E-state index contributed by atoms with van der Waals surface area (Å²) in [6.07, 6.45) is 7.12. The van der Waals surface area contributed by atoms with E-state index in [2.05, 4.69) is 12.1 Å². The lowest BCUT2D eigenvalue weighted by Gasteiger charge is -2.25. The van der Waals surface area contributed by atoms with Crippen LogP contribution in [0.15, 0.2) is 41.3 Å². The first-order chi connectivity index (χ1) is 15.1. The number of aryl methyl sites for hydroxylation is 3. The normalized spacial score (nSPS) is 18.5. The molecule has 0 radical (unpaired) electrons. The molecule has 2 aromatic rings. The number of carbonyl (C=O) groups excluding carboxylic acids is 1. The van der Waals surface area contributed by atoms with Crippen LogP contribution >= 0.6 is 11.8 Å². The molecule has 2 unspecified atom stereocenters. The Morgan fingerprint density at radius 2 is 1.72 bits per heavy atom. The van der Waals surface area contributed by atoms with Gasteiger partial charge < -0.3 is 9.84 Å². The van der Waals surface area contributed by atoms with Crippen LogP contribution in [-0.4, -0.2) is 28.7 Å². The van der Waals surface area contributed by atoms with Crippen molar-refractivity contribution in [2.45, 2.75) is 70.3 Å². The zero-order valence-electron chi connectivity index (χ0n) is 19.7. The van der Waals surface area contributed by atoms with E-state index in [4.69, 9.17) is 4.74 Å². The lowest BCUT2D eigenvalue weighted by atomic mass is 9.84. The highest BCUT2D eigenvalue weighted by Crippen LogP contribution is 2.38. The van der Waals surface area contributed by atoms with Crippen LogP contribution in [0.1, 0.15) is 66.6 Å². The molecular formula is C27H34O4S. The third kappa shape index (κ3) is 5.55. The molecule has 1 saturated carbocycles. The summed E-state index contributed by atoms with van der Waals surface area (Å²) in [5.41, 5.74) is 2.66. The van der Waals surface area contributed by atoms with Gasteiger partial charge in [-0.05, 0) is 94.4 Å². The monoisotopic (exact) mass is 454 g/mol. The van der Waals surface area contributed by atoms with Crippen molar-refractivity contribution >= 4 is 23.5 Å². The van der Waals surface area contributed by atoms with E-state index in [-0.39, 0.29) is 11.7 Å². The number of hydrogen-bond acceptors (Lipinski definition) is 4. The fourth-order valence-corrected chi connectivity index (χ4v) is 5.10. The Bertz CT molecular complexity index is 955. The quantitative estimate of drug-likeness (QED) is 0.346. The average Bonchev–Trinajstić information content (AvgIpc) is 3.23. The van der Waals surface area contributed by atoms with Gasteiger partial charge in [0.15, 0.2) is 11.4 Å². The number of carbonyl (C=O) groups is 2. The van der Waals surface area contributed by atoms with Crippen molar-refractivity contribution in [1.29, 1.82) is 0 Å². The summed E-state index contributed by atoms with van der Waals surface area (Å²) in [6.45, 7) is 7.05. The van der Waals surface area contributed by atoms with E-state index in [1.807, 2.05) is 44.4 Å². The number of hydrogen-bond donors (Lipinski definition) is 1. The lowest BCUT2D eigenvalue weighted by Crippen LogP contribution is -2.38. The summed E-state index contributed by atoms with van der Waals surface area (Å²) >= 11 is 1.69. The van der Waals surface area contributed by atoms with Gasteiger partial charge in [0, 0.05) is 16.4 Å². The van der Waals surface area contributed by atoms with Gasteiger partial charge in [-0.1, -0.05) is 30.7 Å². The molecule has 172 valence electrons. The molecule has 4 nitrogen and oxygen atoms in total. The van der Waals surface area contributed by atoms with Crippen molar-refractivity contribution in [2.75, 3.05) is 6.26 Å². The highest BCUT2D eigenvalue weighted by Gasteiger charge is 2.33. The number of Topliss-reactive ketones (excluding diaryl/α,β-unsaturated/α-hetero) is 1. The minimum absolute atomic E-state index is 0.108. The molecule has 0 bridgehead atoms. The Hall–Kier alpha value is -2.27. The van der Waals surface area contributed by atoms with Crippen LogP contribution in [0.25, 0.3) is 0 Å². The Labute approximate surface area is 195 Å². The van der Waals surface area contributed by atoms with E-state index in [1.165, 1.54) is 10.5 Å². The summed E-state index contributed by atoms with van der Waals surface area (Å²) in [6, 6.07) is 12.2. The van der Waals surface area contributed by atoms with Gasteiger partial charge in [0.05, 0.1) is 0 Å². The summed E-state index contributed by atoms with van der Waals surface area (Å²) in [5.74, 6) is 0.456. The number of rotatable bonds is 9. The molecule has 0 aromatic heterocycles. The van der Waals surface area contributed by atoms with Gasteiger partial charge in [0.1, 0.15) is 5.75 Å². The predicted molar refractivity (Wildman–Crippen MR) is 130 cm³/mol. The smallest absolute Gasteiger partial charge is 0.347 e. The molecule has 0 heterocycles. The van der Waals surface area contributed by atoms with Crippen molar-refractivity contribution < 1.29 is 19.4 Å². The van der Waals surface area contributed by atoms with Crippen molar-refractivity contribution in [3.63, 3.8) is 0 Å². The van der Waals surface area contributed by atoms with Crippen molar-refractivity contribution in [2.24, 2.45) is 11.8 Å². The summed E-state index contributed by atoms with van der Waals surface area (Å²) in [4.78, 5) is 25.7. The molecule has 0 saturated heterocycles. The molecule has 2 aromatic carbocycles. The Morgan fingerprint density at radius 3 is 2.28 bits per heavy atom. The summed E-state index contributed by atoms with van der Waals surface area (Å²) in [7, 11) is 0. The minimum atomic E-state index is -1.28. The molecule has 1 aliphatic rings. The maximum Gasteiger partial charge on any atom is 0.347 e. The van der Waals surface area contributed by atoms with Crippen LogP contribution in [0.2, 0.25) is 0 Å². The van der Waals surface area contributed by atoms with Gasteiger partial charge in [0.2, 0.25) is 0 Å². The molecule has 3 rings (SSSR count). The van der Waals surface area contributed by atoms with E-state index in [9.17, 15) is 14.7 Å². The van der Waals surface area contributed by atoms with Crippen LogP contribution in [0.5, 0.6) is 5.75 Å². The Balaban J connectivity index is 1.67. The fourth-order valence-electron chi connectivity index (χ4n) is 4.69. The highest BCUT2D eigenvalue weighted by atomic mass is 32.2. The summed E-state index contributed by atoms with van der Waals surface area (Å²) < 4.78 is 5.83. The number of ether oxygens (including phenoxy) is 1. The minimum Gasteiger partial charge on any atom is -0.478 e. The van der Waals surface area contributed by atoms with Gasteiger partial charge in [-0.15, -0.1) is 11.8 Å². The van der Waals surface area contributed by atoms with Gasteiger partial charge in [-0.2, -0.15) is 0 Å². The maximum atomic E-state index is 13.1. The number of carboxylic acids is 1. The second kappa shape index (κ2) is 10.1. The van der Waals surface area contributed by atoms with Crippen LogP contribution in [-0.2, 0) is 11.2 Å². The number of aliphatic carboxylic acids is 1. The number of ketones is 1. The molecule has 0 spiro atoms. The first-order valence-corrected chi connectivity index (χ1v) is 12.6. The van der Waals surface area contributed by atoms with E-state index >= 15 is 0 Å². The molecule has 1 aliphatic carbocycles. The van der Waals surface area contributed by atoms with Gasteiger partial charge in [0.25, 0.3) is 0 Å². The van der Waals surface area contributed by atoms with E-state index in [1.54, 1.807) is 25.6 Å². The molecule has 0 aliphatic heterocycles. The number of benzene rings is 2. The van der Waals surface area contributed by atoms with Crippen molar-refractivity contribution in [1.82, 2.24) is 0 Å². The Morgan fingerprint density at radius 1 is 1.09 bits per heavy atom. The van der Waals surface area contributed by atoms with Crippen LogP contribution < -0.4 is 4.74 Å². The molecular weight excluding hydrogens is 420 g/mol. The van der Waals surface area contributed by atoms with Gasteiger partial charge in [-0.3, -0.25) is 4.79 Å². The standard InChI is InChI=1S/C27H34O4S/c1-17-15-19(16-18(2)25(17)31-27(3,4)26(29)30)9-10-20-7-6-8-23(20)24(28)21-11-13-22(32-5)14-12-21/h11-16,20,23H,6-10H2,1-5H3,(H,29,30). The predicted octanol–water partition coefficient (Wildman–Crippen LogP) is 6.50. The lowest BCUT2D eigenvalue weighted by molar-refractivity contribution is -0.152. The second-order valence-electron chi connectivity index (χ2n) is 9.41. The highest BCUT2D eigenvalue weighted by molar-refractivity contribution is 7.98.